The first-order chi connectivity index (χ1) is 9.94. The third-order valence-corrected chi connectivity index (χ3v) is 6.88. The summed E-state index contributed by atoms with van der Waals surface area (Å²) < 4.78 is 77.9. The lowest BCUT2D eigenvalue weighted by Crippen LogP contribution is -2.45. The SMILES string of the molecule is C[Si](C)(CCCOC(C(F)(F)F)C(F)(F)F)c1ccccc1. The molecule has 0 saturated heterocycles. The van der Waals surface area contributed by atoms with E-state index in [1.54, 1.807) is 0 Å². The van der Waals surface area contributed by atoms with Gasteiger partial charge in [0.2, 0.25) is 6.10 Å². The summed E-state index contributed by atoms with van der Waals surface area (Å²) >= 11 is 0. The summed E-state index contributed by atoms with van der Waals surface area (Å²) in [5, 5.41) is 1.11. The third-order valence-electron chi connectivity index (χ3n) is 3.38. The summed E-state index contributed by atoms with van der Waals surface area (Å²) in [7, 11) is -1.89. The Morgan fingerprint density at radius 2 is 1.45 bits per heavy atom. The van der Waals surface area contributed by atoms with Gasteiger partial charge >= 0.3 is 12.4 Å². The van der Waals surface area contributed by atoms with E-state index in [1.165, 1.54) is 0 Å². The smallest absolute Gasteiger partial charge is 0.361 e. The zero-order chi connectivity index (χ0) is 17.0. The largest absolute Gasteiger partial charge is 0.423 e. The Balaban J connectivity index is 2.53. The lowest BCUT2D eigenvalue weighted by atomic mass is 10.3. The van der Waals surface area contributed by atoms with Crippen LogP contribution in [0.2, 0.25) is 19.1 Å². The second kappa shape index (κ2) is 7.04. The average molecular weight is 344 g/mol. The molecule has 126 valence electrons. The van der Waals surface area contributed by atoms with Gasteiger partial charge in [-0.15, -0.1) is 0 Å². The van der Waals surface area contributed by atoms with Gasteiger partial charge in [-0.1, -0.05) is 54.7 Å². The molecule has 0 radical (unpaired) electrons. The molecular formula is C14H18F6OSi. The van der Waals surface area contributed by atoms with E-state index in [4.69, 9.17) is 0 Å². The molecule has 1 aromatic rings. The molecular weight excluding hydrogens is 326 g/mol. The van der Waals surface area contributed by atoms with Crippen molar-refractivity contribution in [3.8, 4) is 0 Å². The van der Waals surface area contributed by atoms with Crippen molar-refractivity contribution in [1.82, 2.24) is 0 Å². The number of halogens is 6. The number of rotatable bonds is 6. The summed E-state index contributed by atoms with van der Waals surface area (Å²) in [5.41, 5.74) is 0. The van der Waals surface area contributed by atoms with Gasteiger partial charge in [0.15, 0.2) is 0 Å². The van der Waals surface area contributed by atoms with Crippen LogP contribution in [-0.2, 0) is 4.74 Å². The van der Waals surface area contributed by atoms with Crippen LogP contribution in [0.4, 0.5) is 26.3 Å². The lowest BCUT2D eigenvalue weighted by Gasteiger charge is -2.25. The lowest BCUT2D eigenvalue weighted by molar-refractivity contribution is -0.321. The van der Waals surface area contributed by atoms with Gasteiger partial charge in [-0.25, -0.2) is 0 Å². The van der Waals surface area contributed by atoms with Crippen molar-refractivity contribution in [2.24, 2.45) is 0 Å². The van der Waals surface area contributed by atoms with Crippen LogP contribution in [0.1, 0.15) is 6.42 Å². The predicted octanol–water partition coefficient (Wildman–Crippen LogP) is 4.50. The maximum Gasteiger partial charge on any atom is 0.423 e. The first-order valence-electron chi connectivity index (χ1n) is 6.75. The van der Waals surface area contributed by atoms with E-state index in [-0.39, 0.29) is 6.42 Å². The molecule has 1 nitrogen and oxygen atoms in total. The molecule has 0 atom stereocenters. The van der Waals surface area contributed by atoms with Crippen molar-refractivity contribution in [1.29, 1.82) is 0 Å². The highest BCUT2D eigenvalue weighted by Gasteiger charge is 2.57. The Morgan fingerprint density at radius 1 is 0.955 bits per heavy atom. The summed E-state index contributed by atoms with van der Waals surface area (Å²) in [4.78, 5) is 0. The molecule has 1 aromatic carbocycles. The van der Waals surface area contributed by atoms with Gasteiger partial charge in [0, 0.05) is 6.61 Å². The summed E-state index contributed by atoms with van der Waals surface area (Å²) in [6.45, 7) is 3.48. The van der Waals surface area contributed by atoms with Crippen LogP contribution in [0.3, 0.4) is 0 Å². The summed E-state index contributed by atoms with van der Waals surface area (Å²) in [6.07, 6.45) is -14.4. The molecule has 0 aromatic heterocycles. The van der Waals surface area contributed by atoms with E-state index in [1.807, 2.05) is 43.4 Å². The molecule has 0 aliphatic carbocycles. The fourth-order valence-corrected chi connectivity index (χ4v) is 4.54. The van der Waals surface area contributed by atoms with Gasteiger partial charge in [-0.2, -0.15) is 26.3 Å². The number of hydrogen-bond donors (Lipinski definition) is 0. The van der Waals surface area contributed by atoms with Crippen molar-refractivity contribution in [3.05, 3.63) is 30.3 Å². The maximum atomic E-state index is 12.3. The van der Waals surface area contributed by atoms with Crippen molar-refractivity contribution in [2.75, 3.05) is 6.61 Å². The normalized spacial score (nSPS) is 13.7. The maximum absolute atomic E-state index is 12.3. The molecule has 0 saturated carbocycles. The molecule has 8 heteroatoms. The Morgan fingerprint density at radius 3 is 1.91 bits per heavy atom. The topological polar surface area (TPSA) is 9.23 Å². The predicted molar refractivity (Wildman–Crippen MR) is 74.8 cm³/mol. The standard InChI is InChI=1S/C14H18F6OSi/c1-22(2,11-7-4-3-5-8-11)10-6-9-21-12(13(15,16)17)14(18,19)20/h3-5,7-8,12H,6,9-10H2,1-2H3. The molecule has 0 unspecified atom stereocenters. The van der Waals surface area contributed by atoms with E-state index in [9.17, 15) is 26.3 Å². The Labute approximate surface area is 126 Å². The van der Waals surface area contributed by atoms with Crippen LogP contribution < -0.4 is 5.19 Å². The van der Waals surface area contributed by atoms with Crippen LogP contribution in [0.5, 0.6) is 0 Å². The molecule has 22 heavy (non-hydrogen) atoms. The van der Waals surface area contributed by atoms with Gasteiger partial charge in [-0.05, 0) is 6.42 Å². The minimum Gasteiger partial charge on any atom is -0.361 e. The Bertz CT molecular complexity index is 441. The van der Waals surface area contributed by atoms with E-state index in [2.05, 4.69) is 4.74 Å². The van der Waals surface area contributed by atoms with Crippen LogP contribution in [0.15, 0.2) is 30.3 Å². The fraction of sp³-hybridized carbons (Fsp3) is 0.571. The zero-order valence-electron chi connectivity index (χ0n) is 12.3. The molecule has 0 spiro atoms. The van der Waals surface area contributed by atoms with Gasteiger partial charge in [0.1, 0.15) is 0 Å². The molecule has 0 amide bonds. The van der Waals surface area contributed by atoms with Crippen molar-refractivity contribution >= 4 is 13.3 Å². The minimum atomic E-state index is -5.44. The van der Waals surface area contributed by atoms with E-state index in [0.29, 0.717) is 6.04 Å². The highest BCUT2D eigenvalue weighted by Crippen LogP contribution is 2.35. The first-order valence-corrected chi connectivity index (χ1v) is 9.96. The van der Waals surface area contributed by atoms with Gasteiger partial charge in [0.25, 0.3) is 0 Å². The van der Waals surface area contributed by atoms with Crippen LogP contribution in [0, 0.1) is 0 Å². The highest BCUT2D eigenvalue weighted by atomic mass is 28.3. The molecule has 0 bridgehead atoms. The number of alkyl halides is 6. The minimum absolute atomic E-state index is 0.163. The van der Waals surface area contributed by atoms with Crippen molar-refractivity contribution < 1.29 is 31.1 Å². The quantitative estimate of drug-likeness (QED) is 0.419. The van der Waals surface area contributed by atoms with Crippen LogP contribution >= 0.6 is 0 Å². The highest BCUT2D eigenvalue weighted by molar-refractivity contribution is 6.89. The van der Waals surface area contributed by atoms with Gasteiger partial charge in [-0.3, -0.25) is 0 Å². The monoisotopic (exact) mass is 344 g/mol. The Hall–Kier alpha value is -1.02. The second-order valence-electron chi connectivity index (χ2n) is 5.69. The first kappa shape index (κ1) is 19.0. The molecule has 0 fully saturated rings. The Kier molecular flexibility index (Phi) is 6.08. The van der Waals surface area contributed by atoms with Gasteiger partial charge in [0.05, 0.1) is 8.07 Å². The van der Waals surface area contributed by atoms with E-state index < -0.39 is 33.1 Å². The summed E-state index contributed by atoms with van der Waals surface area (Å²) in [5.74, 6) is 0. The molecule has 0 N–H and O–H groups in total. The van der Waals surface area contributed by atoms with Crippen molar-refractivity contribution in [2.45, 2.75) is 44.0 Å². The van der Waals surface area contributed by atoms with Crippen molar-refractivity contribution in [3.63, 3.8) is 0 Å². The van der Waals surface area contributed by atoms with Gasteiger partial charge < -0.3 is 4.74 Å². The number of benzene rings is 1. The second-order valence-corrected chi connectivity index (χ2v) is 10.5. The fourth-order valence-electron chi connectivity index (χ4n) is 2.12. The van der Waals surface area contributed by atoms with E-state index in [0.717, 1.165) is 5.19 Å². The van der Waals surface area contributed by atoms with Crippen LogP contribution in [0.25, 0.3) is 0 Å². The number of ether oxygens (including phenoxy) is 1. The average Bonchev–Trinajstić information content (AvgIpc) is 2.36. The van der Waals surface area contributed by atoms with Crippen LogP contribution in [-0.4, -0.2) is 33.1 Å². The molecule has 0 aliphatic heterocycles. The molecule has 0 aliphatic rings. The zero-order valence-corrected chi connectivity index (χ0v) is 13.3. The third kappa shape index (κ3) is 5.64. The molecule has 1 rings (SSSR count). The number of hydrogen-bond acceptors (Lipinski definition) is 1. The summed E-state index contributed by atoms with van der Waals surface area (Å²) in [6, 6.07) is 10.0. The van der Waals surface area contributed by atoms with E-state index >= 15 is 0 Å². The molecule has 0 heterocycles.